The molecule has 0 aromatic heterocycles. The highest BCUT2D eigenvalue weighted by molar-refractivity contribution is 5.04. The molecule has 0 spiro atoms. The molecule has 3 atom stereocenters. The van der Waals surface area contributed by atoms with E-state index in [0.717, 1.165) is 18.4 Å². The monoisotopic (exact) mass is 112 g/mol. The van der Waals surface area contributed by atoms with E-state index in [1.54, 1.807) is 0 Å². The van der Waals surface area contributed by atoms with Gasteiger partial charge in [0.1, 0.15) is 0 Å². The Morgan fingerprint density at radius 2 is 2.12 bits per heavy atom. The molecule has 1 heterocycles. The Morgan fingerprint density at radius 3 is 2.25 bits per heavy atom. The summed E-state index contributed by atoms with van der Waals surface area (Å²) >= 11 is 0. The molecule has 3 unspecified atom stereocenters. The second kappa shape index (κ2) is 1.10. The number of rotatable bonds is 1. The van der Waals surface area contributed by atoms with Crippen molar-refractivity contribution in [3.05, 3.63) is 0 Å². The van der Waals surface area contributed by atoms with Crippen LogP contribution < -0.4 is 0 Å². The minimum atomic E-state index is 0.333. The van der Waals surface area contributed by atoms with Gasteiger partial charge in [0.25, 0.3) is 0 Å². The van der Waals surface area contributed by atoms with E-state index in [4.69, 9.17) is 4.74 Å². The molecule has 2 fully saturated rings. The average molecular weight is 112 g/mol. The lowest BCUT2D eigenvalue weighted by Gasteiger charge is -1.98. The third-order valence-electron chi connectivity index (χ3n) is 2.49. The van der Waals surface area contributed by atoms with E-state index in [1.807, 2.05) is 0 Å². The van der Waals surface area contributed by atoms with Crippen molar-refractivity contribution in [1.82, 2.24) is 0 Å². The largest absolute Gasteiger partial charge is 0.370 e. The van der Waals surface area contributed by atoms with Gasteiger partial charge in [-0.05, 0) is 25.2 Å². The first-order chi connectivity index (χ1) is 3.72. The number of hydrogen-bond acceptors (Lipinski definition) is 1. The van der Waals surface area contributed by atoms with Crippen molar-refractivity contribution >= 4 is 0 Å². The van der Waals surface area contributed by atoms with Crippen LogP contribution in [0, 0.1) is 11.8 Å². The molecule has 0 bridgehead atoms. The van der Waals surface area contributed by atoms with Crippen molar-refractivity contribution in [3.8, 4) is 0 Å². The summed E-state index contributed by atoms with van der Waals surface area (Å²) in [6, 6.07) is 0. The van der Waals surface area contributed by atoms with Gasteiger partial charge in [-0.25, -0.2) is 0 Å². The van der Waals surface area contributed by atoms with Crippen LogP contribution in [0.3, 0.4) is 0 Å². The molecule has 1 aliphatic carbocycles. The summed E-state index contributed by atoms with van der Waals surface area (Å²) in [5.41, 5.74) is 0.333. The van der Waals surface area contributed by atoms with Crippen molar-refractivity contribution in [2.45, 2.75) is 25.9 Å². The van der Waals surface area contributed by atoms with E-state index in [9.17, 15) is 0 Å². The molecule has 1 aliphatic heterocycles. The zero-order chi connectivity index (χ0) is 5.78. The molecule has 1 saturated carbocycles. The lowest BCUT2D eigenvalue weighted by atomic mass is 10.1. The van der Waals surface area contributed by atoms with E-state index in [-0.39, 0.29) is 0 Å². The predicted octanol–water partition coefficient (Wildman–Crippen LogP) is 1.43. The fraction of sp³-hybridized carbons (Fsp3) is 1.00. The average Bonchev–Trinajstić information content (AvgIpc) is 2.47. The smallest absolute Gasteiger partial charge is 0.0919 e. The predicted molar refractivity (Wildman–Crippen MR) is 31.6 cm³/mol. The van der Waals surface area contributed by atoms with Gasteiger partial charge in [-0.1, -0.05) is 6.92 Å². The molecule has 0 aromatic carbocycles. The molecule has 0 amide bonds. The normalized spacial score (nSPS) is 60.8. The fourth-order valence-electron chi connectivity index (χ4n) is 1.50. The topological polar surface area (TPSA) is 12.5 Å². The quantitative estimate of drug-likeness (QED) is 0.467. The van der Waals surface area contributed by atoms with Crippen molar-refractivity contribution in [3.63, 3.8) is 0 Å². The Kier molecular flexibility index (Phi) is 0.663. The van der Waals surface area contributed by atoms with Crippen LogP contribution >= 0.6 is 0 Å². The Morgan fingerprint density at radius 1 is 1.62 bits per heavy atom. The minimum absolute atomic E-state index is 0.333. The van der Waals surface area contributed by atoms with Crippen molar-refractivity contribution in [2.24, 2.45) is 11.8 Å². The molecule has 2 rings (SSSR count). The van der Waals surface area contributed by atoms with Gasteiger partial charge in [-0.3, -0.25) is 0 Å². The van der Waals surface area contributed by atoms with Gasteiger partial charge in [0.05, 0.1) is 12.2 Å². The van der Waals surface area contributed by atoms with Crippen molar-refractivity contribution < 1.29 is 4.74 Å². The SMILES string of the molecule is CC1CC1C1(C)CO1. The molecule has 2 aliphatic rings. The molecule has 0 aromatic rings. The summed E-state index contributed by atoms with van der Waals surface area (Å²) in [6.45, 7) is 5.54. The molecule has 46 valence electrons. The molecule has 1 heteroatoms. The lowest BCUT2D eigenvalue weighted by Crippen LogP contribution is -2.07. The zero-order valence-corrected chi connectivity index (χ0v) is 5.48. The number of epoxide rings is 1. The van der Waals surface area contributed by atoms with Gasteiger partial charge in [0.15, 0.2) is 0 Å². The Hall–Kier alpha value is -0.0400. The standard InChI is InChI=1S/C7H12O/c1-5-3-6(5)7(2)4-8-7/h5-6H,3-4H2,1-2H3. The molecule has 1 saturated heterocycles. The maximum atomic E-state index is 5.29. The lowest BCUT2D eigenvalue weighted by molar-refractivity contribution is 0.287. The van der Waals surface area contributed by atoms with E-state index in [2.05, 4.69) is 13.8 Å². The molecule has 8 heavy (non-hydrogen) atoms. The highest BCUT2D eigenvalue weighted by Gasteiger charge is 2.56. The Labute approximate surface area is 50.0 Å². The minimum Gasteiger partial charge on any atom is -0.370 e. The Balaban J connectivity index is 1.99. The van der Waals surface area contributed by atoms with Gasteiger partial charge in [0.2, 0.25) is 0 Å². The first-order valence-corrected chi connectivity index (χ1v) is 3.36. The molecule has 0 N–H and O–H groups in total. The highest BCUT2D eigenvalue weighted by Crippen LogP contribution is 2.53. The van der Waals surface area contributed by atoms with Crippen LogP contribution in [0.25, 0.3) is 0 Å². The fourth-order valence-corrected chi connectivity index (χ4v) is 1.50. The maximum Gasteiger partial charge on any atom is 0.0919 e. The van der Waals surface area contributed by atoms with Crippen LogP contribution in [-0.2, 0) is 4.74 Å². The summed E-state index contributed by atoms with van der Waals surface area (Å²) in [6.07, 6.45) is 1.40. The molecular weight excluding hydrogens is 100 g/mol. The van der Waals surface area contributed by atoms with Gasteiger partial charge in [0, 0.05) is 0 Å². The third-order valence-corrected chi connectivity index (χ3v) is 2.49. The van der Waals surface area contributed by atoms with Crippen LogP contribution in [0.2, 0.25) is 0 Å². The third kappa shape index (κ3) is 0.510. The van der Waals surface area contributed by atoms with E-state index in [0.29, 0.717) is 5.60 Å². The van der Waals surface area contributed by atoms with E-state index in [1.165, 1.54) is 6.42 Å². The van der Waals surface area contributed by atoms with Crippen molar-refractivity contribution in [2.75, 3.05) is 6.61 Å². The molecular formula is C7H12O. The summed E-state index contributed by atoms with van der Waals surface area (Å²) in [7, 11) is 0. The van der Waals surface area contributed by atoms with E-state index >= 15 is 0 Å². The van der Waals surface area contributed by atoms with Crippen molar-refractivity contribution in [1.29, 1.82) is 0 Å². The van der Waals surface area contributed by atoms with Gasteiger partial charge >= 0.3 is 0 Å². The maximum absolute atomic E-state index is 5.29. The van der Waals surface area contributed by atoms with Crippen LogP contribution in [-0.4, -0.2) is 12.2 Å². The summed E-state index contributed by atoms with van der Waals surface area (Å²) in [5.74, 6) is 1.85. The highest BCUT2D eigenvalue weighted by atomic mass is 16.6. The molecule has 0 radical (unpaired) electrons. The van der Waals surface area contributed by atoms with Gasteiger partial charge in [-0.2, -0.15) is 0 Å². The molecule has 1 nitrogen and oxygen atoms in total. The van der Waals surface area contributed by atoms with Crippen LogP contribution in [0.5, 0.6) is 0 Å². The number of ether oxygens (including phenoxy) is 1. The van der Waals surface area contributed by atoms with Gasteiger partial charge in [-0.15, -0.1) is 0 Å². The summed E-state index contributed by atoms with van der Waals surface area (Å²) < 4.78 is 5.29. The van der Waals surface area contributed by atoms with Crippen LogP contribution in [0.15, 0.2) is 0 Å². The van der Waals surface area contributed by atoms with Crippen LogP contribution in [0.1, 0.15) is 20.3 Å². The first kappa shape index (κ1) is 4.80. The Bertz CT molecular complexity index is 116. The summed E-state index contributed by atoms with van der Waals surface area (Å²) in [4.78, 5) is 0. The van der Waals surface area contributed by atoms with Gasteiger partial charge < -0.3 is 4.74 Å². The van der Waals surface area contributed by atoms with E-state index < -0.39 is 0 Å². The second-order valence-electron chi connectivity index (χ2n) is 3.42. The van der Waals surface area contributed by atoms with Crippen LogP contribution in [0.4, 0.5) is 0 Å². The first-order valence-electron chi connectivity index (χ1n) is 3.36. The zero-order valence-electron chi connectivity index (χ0n) is 5.48. The number of hydrogen-bond donors (Lipinski definition) is 0. The summed E-state index contributed by atoms with van der Waals surface area (Å²) in [5, 5.41) is 0. The second-order valence-corrected chi connectivity index (χ2v) is 3.42.